The molecule has 0 radical (unpaired) electrons. The summed E-state index contributed by atoms with van der Waals surface area (Å²) in [6.45, 7) is 14.3. The van der Waals surface area contributed by atoms with E-state index in [0.29, 0.717) is 12.1 Å². The van der Waals surface area contributed by atoms with Crippen LogP contribution in [0.3, 0.4) is 0 Å². The van der Waals surface area contributed by atoms with Gasteiger partial charge in [0.2, 0.25) is 5.91 Å². The van der Waals surface area contributed by atoms with E-state index < -0.39 is 36.4 Å². The minimum absolute atomic E-state index is 0.0108. The average Bonchev–Trinajstić information content (AvgIpc) is 2.34. The van der Waals surface area contributed by atoms with E-state index in [0.717, 1.165) is 12.5 Å². The molecule has 1 heterocycles. The van der Waals surface area contributed by atoms with Crippen LogP contribution in [0.1, 0.15) is 13.3 Å². The number of rotatable bonds is 5. The van der Waals surface area contributed by atoms with Crippen molar-refractivity contribution in [1.29, 1.82) is 0 Å². The molecule has 0 bridgehead atoms. The number of likely N-dealkylation sites (N-methyl/N-ethyl adjacent to an activating group) is 1. The van der Waals surface area contributed by atoms with Crippen LogP contribution < -0.4 is 0 Å². The second-order valence-electron chi connectivity index (χ2n) is 5.96. The Bertz CT molecular complexity index is 397. The van der Waals surface area contributed by atoms with Crippen LogP contribution in [-0.4, -0.2) is 60.8 Å². The van der Waals surface area contributed by atoms with Gasteiger partial charge in [-0.05, 0) is 45.6 Å². The van der Waals surface area contributed by atoms with E-state index in [1.165, 1.54) is 0 Å². The van der Waals surface area contributed by atoms with E-state index in [1.807, 2.05) is 19.6 Å². The van der Waals surface area contributed by atoms with Crippen LogP contribution in [0, 0.1) is 0 Å². The second kappa shape index (κ2) is 8.68. The van der Waals surface area contributed by atoms with Crippen molar-refractivity contribution in [3.05, 3.63) is 12.2 Å². The molecule has 0 saturated carbocycles. The Morgan fingerprint density at radius 1 is 1.14 bits per heavy atom. The summed E-state index contributed by atoms with van der Waals surface area (Å²) in [6, 6.07) is 0.845. The maximum absolute atomic E-state index is 11.8. The van der Waals surface area contributed by atoms with Gasteiger partial charge in [0, 0.05) is 19.2 Å². The first kappa shape index (κ1) is 20.0. The highest BCUT2D eigenvalue weighted by Crippen LogP contribution is 2.22. The third-order valence-corrected chi connectivity index (χ3v) is 17.5. The minimum Gasteiger partial charge on any atom is -0.420 e. The van der Waals surface area contributed by atoms with Gasteiger partial charge in [0.05, 0.1) is 0 Å². The van der Waals surface area contributed by atoms with E-state index in [9.17, 15) is 4.79 Å². The molecule has 0 aliphatic carbocycles. The van der Waals surface area contributed by atoms with E-state index in [2.05, 4.69) is 13.1 Å². The highest BCUT2D eigenvalue weighted by Gasteiger charge is 2.39. The van der Waals surface area contributed by atoms with Gasteiger partial charge >= 0.3 is 8.56 Å². The van der Waals surface area contributed by atoms with Crippen molar-refractivity contribution in [1.82, 2.24) is 4.90 Å². The van der Waals surface area contributed by atoms with Crippen molar-refractivity contribution in [3.8, 4) is 0 Å². The average molecular weight is 380 g/mol. The molecule has 1 amide bonds. The lowest BCUT2D eigenvalue weighted by molar-refractivity contribution is -0.125. The second-order valence-corrected chi connectivity index (χ2v) is 16.2. The van der Waals surface area contributed by atoms with E-state index in [4.69, 9.17) is 16.5 Å². The molecule has 0 aromatic carbocycles. The molecule has 1 saturated heterocycles. The summed E-state index contributed by atoms with van der Waals surface area (Å²) >= 11 is 0. The van der Waals surface area contributed by atoms with Gasteiger partial charge < -0.3 is 21.4 Å². The number of hydrogen-bond acceptors (Lipinski definition) is 5. The van der Waals surface area contributed by atoms with Crippen molar-refractivity contribution >= 4 is 42.3 Å². The molecule has 1 fully saturated rings. The van der Waals surface area contributed by atoms with E-state index in [1.54, 1.807) is 18.9 Å². The summed E-state index contributed by atoms with van der Waals surface area (Å²) in [6.07, 6.45) is 0.855. The normalized spacial score (nSPS) is 32.9. The van der Waals surface area contributed by atoms with E-state index >= 15 is 0 Å². The highest BCUT2D eigenvalue weighted by molar-refractivity contribution is 6.81. The van der Waals surface area contributed by atoms with Gasteiger partial charge in [0.15, 0.2) is 0 Å². The van der Waals surface area contributed by atoms with Crippen molar-refractivity contribution < 1.29 is 21.3 Å². The summed E-state index contributed by atoms with van der Waals surface area (Å²) in [7, 11) is -5.41. The SMILES string of the molecule is C=C(C)C(=O)N(C)CCC[Si]1(C)O[SiH](C)O[SiH](C)O[SiH](C)O1. The monoisotopic (exact) mass is 379 g/mol. The van der Waals surface area contributed by atoms with Crippen molar-refractivity contribution in [2.45, 2.75) is 45.6 Å². The number of nitrogens with zero attached hydrogens (tertiary/aromatic N) is 1. The van der Waals surface area contributed by atoms with Crippen LogP contribution in [-0.2, 0) is 21.3 Å². The molecule has 1 aliphatic heterocycles. The van der Waals surface area contributed by atoms with Crippen molar-refractivity contribution in [2.24, 2.45) is 0 Å². The number of carbonyl (C=O) groups excluding carboxylic acids is 1. The third kappa shape index (κ3) is 6.58. The molecule has 1 rings (SSSR count). The first-order valence-electron chi connectivity index (χ1n) is 7.70. The molecular formula is C12H29NO5Si4. The molecule has 10 heteroatoms. The largest absolute Gasteiger partial charge is 0.420 e. The topological polar surface area (TPSA) is 57.2 Å². The summed E-state index contributed by atoms with van der Waals surface area (Å²) in [5, 5.41) is 0. The zero-order valence-electron chi connectivity index (χ0n) is 14.5. The Kier molecular flexibility index (Phi) is 7.88. The van der Waals surface area contributed by atoms with Crippen LogP contribution in [0.4, 0.5) is 0 Å². The van der Waals surface area contributed by atoms with Crippen LogP contribution >= 0.6 is 0 Å². The fraction of sp³-hybridized carbons (Fsp3) is 0.750. The first-order valence-corrected chi connectivity index (χ1v) is 16.5. The standard InChI is InChI=1S/C12H29NO5Si4/c1-11(2)12(14)13(3)9-8-10-22(7)17-20(5)15-19(4)16-21(6)18-22/h19-21H,1,8-10H2,2-7H3. The predicted octanol–water partition coefficient (Wildman–Crippen LogP) is 1.11. The lowest BCUT2D eigenvalue weighted by Crippen LogP contribution is -2.53. The zero-order valence-corrected chi connectivity index (χ0v) is 19.0. The van der Waals surface area contributed by atoms with Gasteiger partial charge in [-0.25, -0.2) is 0 Å². The van der Waals surface area contributed by atoms with Gasteiger partial charge in [0.1, 0.15) is 0 Å². The third-order valence-electron chi connectivity index (χ3n) is 3.43. The number of amides is 1. The Hall–Kier alpha value is -0.0825. The van der Waals surface area contributed by atoms with Crippen LogP contribution in [0.15, 0.2) is 12.2 Å². The minimum atomic E-state index is -2.27. The van der Waals surface area contributed by atoms with Gasteiger partial charge in [0.25, 0.3) is 27.9 Å². The summed E-state index contributed by atoms with van der Waals surface area (Å²) in [5.41, 5.74) is 0.562. The molecule has 0 aromatic heterocycles. The maximum atomic E-state index is 11.8. The van der Waals surface area contributed by atoms with Crippen LogP contribution in [0.5, 0.6) is 0 Å². The summed E-state index contributed by atoms with van der Waals surface area (Å²) in [5.74, 6) is -0.0108. The number of carbonyl (C=O) groups is 1. The molecule has 22 heavy (non-hydrogen) atoms. The van der Waals surface area contributed by atoms with Gasteiger partial charge in [-0.2, -0.15) is 0 Å². The quantitative estimate of drug-likeness (QED) is 0.529. The zero-order chi connectivity index (χ0) is 16.9. The van der Waals surface area contributed by atoms with Crippen molar-refractivity contribution in [2.75, 3.05) is 13.6 Å². The molecule has 6 nitrogen and oxygen atoms in total. The number of hydrogen-bond donors (Lipinski definition) is 0. The molecule has 2 unspecified atom stereocenters. The first-order chi connectivity index (χ1) is 10.1. The van der Waals surface area contributed by atoms with Crippen molar-refractivity contribution in [3.63, 3.8) is 0 Å². The Morgan fingerprint density at radius 3 is 2.09 bits per heavy atom. The fourth-order valence-electron chi connectivity index (χ4n) is 2.54. The van der Waals surface area contributed by atoms with Crippen LogP contribution in [0.25, 0.3) is 0 Å². The lowest BCUT2D eigenvalue weighted by atomic mass is 10.3. The Labute approximate surface area is 140 Å². The molecular weight excluding hydrogens is 350 g/mol. The van der Waals surface area contributed by atoms with Gasteiger partial charge in [-0.15, -0.1) is 0 Å². The maximum Gasteiger partial charge on any atom is 0.317 e. The van der Waals surface area contributed by atoms with Gasteiger partial charge in [-0.3, -0.25) is 4.79 Å². The van der Waals surface area contributed by atoms with Crippen LogP contribution in [0.2, 0.25) is 32.2 Å². The molecule has 1 aliphatic rings. The molecule has 128 valence electrons. The molecule has 0 aromatic rings. The lowest BCUT2D eigenvalue weighted by Gasteiger charge is -2.37. The predicted molar refractivity (Wildman–Crippen MR) is 96.9 cm³/mol. The fourth-order valence-corrected chi connectivity index (χ4v) is 17.2. The smallest absolute Gasteiger partial charge is 0.317 e. The highest BCUT2D eigenvalue weighted by atomic mass is 28.5. The summed E-state index contributed by atoms with van der Waals surface area (Å²) < 4.78 is 24.2. The van der Waals surface area contributed by atoms with Gasteiger partial charge in [-0.1, -0.05) is 6.58 Å². The Balaban J connectivity index is 2.54. The molecule has 2 atom stereocenters. The molecule has 0 spiro atoms. The molecule has 0 N–H and O–H groups in total. The Morgan fingerprint density at radius 2 is 1.64 bits per heavy atom. The van der Waals surface area contributed by atoms with E-state index in [-0.39, 0.29) is 5.91 Å². The summed E-state index contributed by atoms with van der Waals surface area (Å²) in [4.78, 5) is 13.5.